The van der Waals surface area contributed by atoms with E-state index in [-0.39, 0.29) is 12.0 Å². The zero-order chi connectivity index (χ0) is 18.3. The second-order valence-electron chi connectivity index (χ2n) is 6.16. The van der Waals surface area contributed by atoms with E-state index in [2.05, 4.69) is 5.32 Å². The fraction of sp³-hybridized carbons (Fsp3) is 0.400. The van der Waals surface area contributed by atoms with Crippen molar-refractivity contribution in [3.8, 4) is 0 Å². The van der Waals surface area contributed by atoms with Crippen molar-refractivity contribution >= 4 is 0 Å². The summed E-state index contributed by atoms with van der Waals surface area (Å²) in [6.45, 7) is 1.45. The molecule has 2 aromatic rings. The van der Waals surface area contributed by atoms with Gasteiger partial charge < -0.3 is 5.11 Å². The van der Waals surface area contributed by atoms with Crippen LogP contribution in [-0.4, -0.2) is 17.9 Å². The van der Waals surface area contributed by atoms with Crippen LogP contribution in [0.25, 0.3) is 0 Å². The number of nitrogens with one attached hydrogen (secondary N) is 1. The van der Waals surface area contributed by atoms with Gasteiger partial charge in [-0.2, -0.15) is 13.2 Å². The predicted molar refractivity (Wildman–Crippen MR) is 93.1 cm³/mol. The molecule has 5 heteroatoms. The van der Waals surface area contributed by atoms with E-state index in [9.17, 15) is 18.3 Å². The molecule has 2 N–H and O–H groups in total. The van der Waals surface area contributed by atoms with Gasteiger partial charge in [0.1, 0.15) is 5.54 Å². The second-order valence-corrected chi connectivity index (χ2v) is 6.16. The minimum Gasteiger partial charge on any atom is -0.394 e. The standard InChI is InChI=1S/C20H24F3NO/c1-2-3-14-19(20(21,22)23,17-12-8-5-9-13-17)24-18(15-25)16-10-6-4-7-11-16/h4-13,18,24-25H,2-3,14-15H2,1H3/t18-,19-/m0/s1. The molecule has 0 spiro atoms. The second kappa shape index (κ2) is 8.50. The smallest absolute Gasteiger partial charge is 0.394 e. The molecular weight excluding hydrogens is 327 g/mol. The van der Waals surface area contributed by atoms with E-state index >= 15 is 0 Å². The van der Waals surface area contributed by atoms with Crippen molar-refractivity contribution in [1.82, 2.24) is 5.32 Å². The summed E-state index contributed by atoms with van der Waals surface area (Å²) >= 11 is 0. The highest BCUT2D eigenvalue weighted by Gasteiger charge is 2.56. The Morgan fingerprint density at radius 3 is 2.00 bits per heavy atom. The van der Waals surface area contributed by atoms with Crippen molar-refractivity contribution in [1.29, 1.82) is 0 Å². The fourth-order valence-corrected chi connectivity index (χ4v) is 3.07. The Morgan fingerprint density at radius 2 is 1.52 bits per heavy atom. The summed E-state index contributed by atoms with van der Waals surface area (Å²) in [4.78, 5) is 0. The number of aliphatic hydroxyl groups excluding tert-OH is 1. The number of unbranched alkanes of at least 4 members (excludes halogenated alkanes) is 1. The van der Waals surface area contributed by atoms with Crippen molar-refractivity contribution < 1.29 is 18.3 Å². The van der Waals surface area contributed by atoms with Crippen LogP contribution >= 0.6 is 0 Å². The maximum atomic E-state index is 14.3. The summed E-state index contributed by atoms with van der Waals surface area (Å²) in [5.74, 6) is 0. The number of hydrogen-bond donors (Lipinski definition) is 2. The summed E-state index contributed by atoms with van der Waals surface area (Å²) in [5.41, 5.74) is -1.40. The predicted octanol–water partition coefficient (Wildman–Crippen LogP) is 4.96. The summed E-state index contributed by atoms with van der Waals surface area (Å²) in [6.07, 6.45) is -3.50. The van der Waals surface area contributed by atoms with E-state index < -0.39 is 24.4 Å². The highest BCUT2D eigenvalue weighted by molar-refractivity contribution is 5.29. The third kappa shape index (κ3) is 4.41. The van der Waals surface area contributed by atoms with Crippen molar-refractivity contribution in [3.05, 3.63) is 71.8 Å². The number of halogens is 3. The van der Waals surface area contributed by atoms with Crippen LogP contribution in [0.2, 0.25) is 0 Å². The zero-order valence-corrected chi connectivity index (χ0v) is 14.3. The molecule has 0 aliphatic heterocycles. The van der Waals surface area contributed by atoms with Gasteiger partial charge in [0.05, 0.1) is 12.6 Å². The summed E-state index contributed by atoms with van der Waals surface area (Å²) in [7, 11) is 0. The molecule has 0 saturated heterocycles. The van der Waals surface area contributed by atoms with Crippen molar-refractivity contribution in [2.75, 3.05) is 6.61 Å². The topological polar surface area (TPSA) is 32.3 Å². The molecule has 0 amide bonds. The molecule has 0 unspecified atom stereocenters. The van der Waals surface area contributed by atoms with E-state index in [0.717, 1.165) is 0 Å². The lowest BCUT2D eigenvalue weighted by molar-refractivity contribution is -0.207. The monoisotopic (exact) mass is 351 g/mol. The fourth-order valence-electron chi connectivity index (χ4n) is 3.07. The molecule has 0 radical (unpaired) electrons. The number of rotatable bonds is 8. The summed E-state index contributed by atoms with van der Waals surface area (Å²) < 4.78 is 42.8. The third-order valence-corrected chi connectivity index (χ3v) is 4.46. The Bertz CT molecular complexity index is 630. The quantitative estimate of drug-likeness (QED) is 0.705. The number of benzene rings is 2. The molecule has 2 nitrogen and oxygen atoms in total. The maximum absolute atomic E-state index is 14.3. The van der Waals surface area contributed by atoms with Gasteiger partial charge in [0.15, 0.2) is 0 Å². The van der Waals surface area contributed by atoms with Gasteiger partial charge >= 0.3 is 6.18 Å². The van der Waals surface area contributed by atoms with Crippen LogP contribution in [0.15, 0.2) is 60.7 Å². The SMILES string of the molecule is CCCC[C@](N[C@@H](CO)c1ccccc1)(c1ccccc1)C(F)(F)F. The van der Waals surface area contributed by atoms with Crippen molar-refractivity contribution in [2.45, 2.75) is 43.9 Å². The molecule has 2 aromatic carbocycles. The van der Waals surface area contributed by atoms with Crippen molar-refractivity contribution in [2.24, 2.45) is 0 Å². The molecule has 25 heavy (non-hydrogen) atoms. The highest BCUT2D eigenvalue weighted by Crippen LogP contribution is 2.44. The molecule has 136 valence electrons. The van der Waals surface area contributed by atoms with Gasteiger partial charge in [-0.1, -0.05) is 80.4 Å². The van der Waals surface area contributed by atoms with Crippen LogP contribution in [0.3, 0.4) is 0 Å². The van der Waals surface area contributed by atoms with E-state index in [0.29, 0.717) is 18.4 Å². The first kappa shape index (κ1) is 19.5. The van der Waals surface area contributed by atoms with Crippen LogP contribution in [0.4, 0.5) is 13.2 Å². The van der Waals surface area contributed by atoms with Crippen LogP contribution in [-0.2, 0) is 5.54 Å². The molecule has 2 rings (SSSR count). The molecule has 0 aliphatic carbocycles. The van der Waals surface area contributed by atoms with Gasteiger partial charge in [0, 0.05) is 0 Å². The van der Waals surface area contributed by atoms with E-state index in [4.69, 9.17) is 0 Å². The Kier molecular flexibility index (Phi) is 6.62. The van der Waals surface area contributed by atoms with Gasteiger partial charge in [-0.15, -0.1) is 0 Å². The van der Waals surface area contributed by atoms with Crippen LogP contribution < -0.4 is 5.32 Å². The van der Waals surface area contributed by atoms with Gasteiger partial charge in [0.2, 0.25) is 0 Å². The first-order valence-electron chi connectivity index (χ1n) is 8.50. The molecule has 0 aromatic heterocycles. The molecular formula is C20H24F3NO. The largest absolute Gasteiger partial charge is 0.410 e. The van der Waals surface area contributed by atoms with Crippen LogP contribution in [0.1, 0.15) is 43.4 Å². The minimum absolute atomic E-state index is 0.0830. The number of aliphatic hydroxyl groups is 1. The van der Waals surface area contributed by atoms with E-state index in [1.54, 1.807) is 48.5 Å². The first-order chi connectivity index (χ1) is 11.9. The van der Waals surface area contributed by atoms with Gasteiger partial charge in [-0.25, -0.2) is 0 Å². The molecule has 0 saturated carbocycles. The first-order valence-corrected chi connectivity index (χ1v) is 8.50. The molecule has 0 heterocycles. The molecule has 2 atom stereocenters. The van der Waals surface area contributed by atoms with Gasteiger partial charge in [0.25, 0.3) is 0 Å². The third-order valence-electron chi connectivity index (χ3n) is 4.46. The summed E-state index contributed by atoms with van der Waals surface area (Å²) in [6, 6.07) is 15.9. The zero-order valence-electron chi connectivity index (χ0n) is 14.3. The number of hydrogen-bond acceptors (Lipinski definition) is 2. The van der Waals surface area contributed by atoms with Crippen LogP contribution in [0.5, 0.6) is 0 Å². The van der Waals surface area contributed by atoms with Gasteiger partial charge in [-0.3, -0.25) is 5.32 Å². The normalized spacial score (nSPS) is 15.6. The van der Waals surface area contributed by atoms with Gasteiger partial charge in [-0.05, 0) is 17.5 Å². The van der Waals surface area contributed by atoms with Crippen molar-refractivity contribution in [3.63, 3.8) is 0 Å². The van der Waals surface area contributed by atoms with E-state index in [1.807, 2.05) is 6.92 Å². The summed E-state index contributed by atoms with van der Waals surface area (Å²) in [5, 5.41) is 12.5. The Labute approximate surface area is 146 Å². The molecule has 0 bridgehead atoms. The average molecular weight is 351 g/mol. The Morgan fingerprint density at radius 1 is 0.960 bits per heavy atom. The van der Waals surface area contributed by atoms with E-state index in [1.165, 1.54) is 12.1 Å². The van der Waals surface area contributed by atoms with Crippen LogP contribution in [0, 0.1) is 0 Å². The highest BCUT2D eigenvalue weighted by atomic mass is 19.4. The minimum atomic E-state index is -4.49. The number of alkyl halides is 3. The molecule has 0 aliphatic rings. The lowest BCUT2D eigenvalue weighted by atomic mass is 9.82. The average Bonchev–Trinajstić information content (AvgIpc) is 2.62. The lowest BCUT2D eigenvalue weighted by Gasteiger charge is -2.40. The Hall–Kier alpha value is -1.85. The molecule has 0 fully saturated rings. The Balaban J connectivity index is 2.49. The maximum Gasteiger partial charge on any atom is 0.410 e. The lowest BCUT2D eigenvalue weighted by Crippen LogP contribution is -2.55.